The van der Waals surface area contributed by atoms with Gasteiger partial charge < -0.3 is 20.9 Å². The van der Waals surface area contributed by atoms with Gasteiger partial charge in [-0.1, -0.05) is 36.4 Å². The fourth-order valence-corrected chi connectivity index (χ4v) is 2.92. The number of urea groups is 1. The van der Waals surface area contributed by atoms with E-state index in [-0.39, 0.29) is 11.9 Å². The minimum absolute atomic E-state index is 0.226. The Labute approximate surface area is 176 Å². The summed E-state index contributed by atoms with van der Waals surface area (Å²) in [4.78, 5) is 31.0. The van der Waals surface area contributed by atoms with Crippen LogP contribution in [0.25, 0.3) is 0 Å². The molecule has 154 valence electrons. The Hall–Kier alpha value is -3.87. The average molecular weight is 403 g/mol. The molecule has 0 atom stereocenters. The normalized spacial score (nSPS) is 10.2. The topological polar surface area (TPSA) is 86.4 Å². The van der Waals surface area contributed by atoms with Gasteiger partial charge in [-0.15, -0.1) is 0 Å². The van der Waals surface area contributed by atoms with Crippen molar-refractivity contribution in [1.82, 2.24) is 15.6 Å². The molecular weight excluding hydrogens is 378 g/mol. The number of benzene rings is 2. The van der Waals surface area contributed by atoms with Crippen LogP contribution in [0.2, 0.25) is 0 Å². The Kier molecular flexibility index (Phi) is 7.00. The summed E-state index contributed by atoms with van der Waals surface area (Å²) in [7, 11) is 3.74. The van der Waals surface area contributed by atoms with Gasteiger partial charge in [-0.25, -0.2) is 4.79 Å². The van der Waals surface area contributed by atoms with Gasteiger partial charge in [0.25, 0.3) is 5.91 Å². The predicted molar refractivity (Wildman–Crippen MR) is 118 cm³/mol. The van der Waals surface area contributed by atoms with Crippen LogP contribution in [0.15, 0.2) is 73.1 Å². The van der Waals surface area contributed by atoms with E-state index in [4.69, 9.17) is 0 Å². The van der Waals surface area contributed by atoms with Crippen LogP contribution < -0.4 is 20.9 Å². The van der Waals surface area contributed by atoms with E-state index < -0.39 is 0 Å². The molecule has 0 aliphatic rings. The van der Waals surface area contributed by atoms with Gasteiger partial charge in [-0.3, -0.25) is 9.78 Å². The van der Waals surface area contributed by atoms with Gasteiger partial charge in [0.1, 0.15) is 0 Å². The molecular formula is C23H25N5O2. The molecule has 0 saturated heterocycles. The Morgan fingerprint density at radius 1 is 0.900 bits per heavy atom. The first-order chi connectivity index (χ1) is 14.5. The summed E-state index contributed by atoms with van der Waals surface area (Å²) in [5.74, 6) is -0.226. The zero-order chi connectivity index (χ0) is 21.3. The SMILES string of the molecule is CN(C)c1ccc(NC(=O)NCc2ccccc2)cc1C(=O)NCc1cccnc1. The van der Waals surface area contributed by atoms with Crippen molar-refractivity contribution >= 4 is 23.3 Å². The molecule has 0 aliphatic carbocycles. The number of carbonyl (C=O) groups excluding carboxylic acids is 2. The molecule has 30 heavy (non-hydrogen) atoms. The standard InChI is InChI=1S/C23H25N5O2/c1-28(2)21-11-10-19(27-23(30)26-15-17-7-4-3-5-8-17)13-20(21)22(29)25-16-18-9-6-12-24-14-18/h3-14H,15-16H2,1-2H3,(H,25,29)(H2,26,27,30). The van der Waals surface area contributed by atoms with Crippen LogP contribution >= 0.6 is 0 Å². The summed E-state index contributed by atoms with van der Waals surface area (Å²) in [6, 6.07) is 18.3. The highest BCUT2D eigenvalue weighted by molar-refractivity contribution is 6.01. The van der Waals surface area contributed by atoms with Gasteiger partial charge in [-0.05, 0) is 35.4 Å². The van der Waals surface area contributed by atoms with Crippen LogP contribution in [-0.4, -0.2) is 31.0 Å². The lowest BCUT2D eigenvalue weighted by molar-refractivity contribution is 0.0951. The van der Waals surface area contributed by atoms with Crippen molar-refractivity contribution in [2.45, 2.75) is 13.1 Å². The van der Waals surface area contributed by atoms with E-state index in [0.29, 0.717) is 24.3 Å². The van der Waals surface area contributed by atoms with E-state index in [0.717, 1.165) is 16.8 Å². The Balaban J connectivity index is 1.67. The molecule has 3 N–H and O–H groups in total. The molecule has 0 aliphatic heterocycles. The maximum absolute atomic E-state index is 12.8. The van der Waals surface area contributed by atoms with Crippen LogP contribution in [0, 0.1) is 0 Å². The minimum atomic E-state index is -0.335. The first kappa shape index (κ1) is 20.9. The highest BCUT2D eigenvalue weighted by atomic mass is 16.2. The quantitative estimate of drug-likeness (QED) is 0.564. The van der Waals surface area contributed by atoms with Crippen LogP contribution in [0.5, 0.6) is 0 Å². The van der Waals surface area contributed by atoms with E-state index in [1.807, 2.05) is 67.5 Å². The summed E-state index contributed by atoms with van der Waals surface area (Å²) >= 11 is 0. The van der Waals surface area contributed by atoms with Crippen molar-refractivity contribution in [1.29, 1.82) is 0 Å². The van der Waals surface area contributed by atoms with Gasteiger partial charge in [0.15, 0.2) is 0 Å². The van der Waals surface area contributed by atoms with Crippen molar-refractivity contribution in [2.24, 2.45) is 0 Å². The number of carbonyl (C=O) groups is 2. The molecule has 3 amide bonds. The number of hydrogen-bond donors (Lipinski definition) is 3. The van der Waals surface area contributed by atoms with E-state index in [9.17, 15) is 9.59 Å². The molecule has 7 nitrogen and oxygen atoms in total. The zero-order valence-corrected chi connectivity index (χ0v) is 17.1. The predicted octanol–water partition coefficient (Wildman–Crippen LogP) is 3.40. The number of amides is 3. The first-order valence-corrected chi connectivity index (χ1v) is 9.60. The Bertz CT molecular complexity index is 991. The summed E-state index contributed by atoms with van der Waals surface area (Å²) < 4.78 is 0. The van der Waals surface area contributed by atoms with E-state index in [1.54, 1.807) is 24.5 Å². The van der Waals surface area contributed by atoms with Crippen LogP contribution in [0.3, 0.4) is 0 Å². The van der Waals surface area contributed by atoms with Crippen molar-refractivity contribution in [3.63, 3.8) is 0 Å². The second-order valence-corrected chi connectivity index (χ2v) is 6.96. The molecule has 0 bridgehead atoms. The molecule has 7 heteroatoms. The van der Waals surface area contributed by atoms with Crippen LogP contribution in [0.1, 0.15) is 21.5 Å². The fraction of sp³-hybridized carbons (Fsp3) is 0.174. The monoisotopic (exact) mass is 403 g/mol. The summed E-state index contributed by atoms with van der Waals surface area (Å²) in [5.41, 5.74) is 3.69. The average Bonchev–Trinajstić information content (AvgIpc) is 2.77. The van der Waals surface area contributed by atoms with Crippen molar-refractivity contribution in [2.75, 3.05) is 24.3 Å². The third-order valence-electron chi connectivity index (χ3n) is 4.45. The third-order valence-corrected chi connectivity index (χ3v) is 4.45. The van der Waals surface area contributed by atoms with Gasteiger partial charge >= 0.3 is 6.03 Å². The fourth-order valence-electron chi connectivity index (χ4n) is 2.92. The summed E-state index contributed by atoms with van der Waals surface area (Å²) in [6.45, 7) is 0.787. The minimum Gasteiger partial charge on any atom is -0.377 e. The molecule has 0 radical (unpaired) electrons. The van der Waals surface area contributed by atoms with Crippen molar-refractivity contribution in [3.05, 3.63) is 89.7 Å². The lowest BCUT2D eigenvalue weighted by Gasteiger charge is -2.18. The van der Waals surface area contributed by atoms with Gasteiger partial charge in [-0.2, -0.15) is 0 Å². The molecule has 0 saturated carbocycles. The molecule has 0 spiro atoms. The molecule has 3 aromatic rings. The highest BCUT2D eigenvalue weighted by Crippen LogP contribution is 2.23. The lowest BCUT2D eigenvalue weighted by Crippen LogP contribution is -2.29. The van der Waals surface area contributed by atoms with E-state index in [1.165, 1.54) is 0 Å². The maximum atomic E-state index is 12.8. The van der Waals surface area contributed by atoms with Crippen molar-refractivity contribution < 1.29 is 9.59 Å². The first-order valence-electron chi connectivity index (χ1n) is 9.60. The number of anilines is 2. The molecule has 3 rings (SSSR count). The number of aromatic nitrogens is 1. The molecule has 1 aromatic heterocycles. The van der Waals surface area contributed by atoms with Gasteiger partial charge in [0.05, 0.1) is 5.56 Å². The second kappa shape index (κ2) is 10.1. The number of hydrogen-bond acceptors (Lipinski definition) is 4. The Morgan fingerprint density at radius 2 is 1.63 bits per heavy atom. The van der Waals surface area contributed by atoms with Crippen LogP contribution in [0.4, 0.5) is 16.2 Å². The van der Waals surface area contributed by atoms with E-state index >= 15 is 0 Å². The number of pyridine rings is 1. The second-order valence-electron chi connectivity index (χ2n) is 6.96. The summed E-state index contributed by atoms with van der Waals surface area (Å²) in [5, 5.41) is 8.50. The number of rotatable bonds is 7. The number of nitrogens with one attached hydrogen (secondary N) is 3. The van der Waals surface area contributed by atoms with E-state index in [2.05, 4.69) is 20.9 Å². The molecule has 1 heterocycles. The third kappa shape index (κ3) is 5.81. The highest BCUT2D eigenvalue weighted by Gasteiger charge is 2.15. The largest absolute Gasteiger partial charge is 0.377 e. The molecule has 2 aromatic carbocycles. The summed E-state index contributed by atoms with van der Waals surface area (Å²) in [6.07, 6.45) is 3.40. The smallest absolute Gasteiger partial charge is 0.319 e. The van der Waals surface area contributed by atoms with Gasteiger partial charge in [0.2, 0.25) is 0 Å². The Morgan fingerprint density at radius 3 is 2.33 bits per heavy atom. The molecule has 0 unspecified atom stereocenters. The number of nitrogens with zero attached hydrogens (tertiary/aromatic N) is 2. The van der Waals surface area contributed by atoms with Crippen molar-refractivity contribution in [3.8, 4) is 0 Å². The molecule has 0 fully saturated rings. The van der Waals surface area contributed by atoms with Crippen LogP contribution in [-0.2, 0) is 13.1 Å². The lowest BCUT2D eigenvalue weighted by atomic mass is 10.1. The zero-order valence-electron chi connectivity index (χ0n) is 17.1. The maximum Gasteiger partial charge on any atom is 0.319 e. The van der Waals surface area contributed by atoms with Gasteiger partial charge in [0, 0.05) is 51.0 Å².